The summed E-state index contributed by atoms with van der Waals surface area (Å²) in [7, 11) is 3.68. The first kappa shape index (κ1) is 11.6. The van der Waals surface area contributed by atoms with E-state index < -0.39 is 0 Å². The summed E-state index contributed by atoms with van der Waals surface area (Å²) in [6.45, 7) is 2.13. The molecule has 15 heavy (non-hydrogen) atoms. The molecule has 0 aromatic carbocycles. The monoisotopic (exact) mass is 211 g/mol. The van der Waals surface area contributed by atoms with Crippen LogP contribution in [0.3, 0.4) is 0 Å². The van der Waals surface area contributed by atoms with E-state index >= 15 is 0 Å². The van der Waals surface area contributed by atoms with E-state index in [-0.39, 0.29) is 5.91 Å². The Morgan fingerprint density at radius 1 is 1.60 bits per heavy atom. The molecule has 0 bridgehead atoms. The first-order valence-electron chi connectivity index (χ1n) is 4.95. The molecule has 1 aromatic heterocycles. The molecule has 0 spiro atoms. The average Bonchev–Trinajstić information content (AvgIpc) is 2.75. The Morgan fingerprint density at radius 3 is 3.00 bits per heavy atom. The third kappa shape index (κ3) is 4.07. The quantitative estimate of drug-likeness (QED) is 0.679. The van der Waals surface area contributed by atoms with Gasteiger partial charge >= 0.3 is 0 Å². The molecule has 0 radical (unpaired) electrons. The van der Waals surface area contributed by atoms with E-state index in [2.05, 4.69) is 15.4 Å². The number of likely N-dealkylation sites (N-methyl/N-ethyl adjacent to an activating group) is 2. The van der Waals surface area contributed by atoms with Crippen LogP contribution in [0.25, 0.3) is 0 Å². The van der Waals surface area contributed by atoms with Crippen LogP contribution in [0.5, 0.6) is 0 Å². The molecule has 1 amide bonds. The summed E-state index contributed by atoms with van der Waals surface area (Å²) in [6.07, 6.45) is 3.54. The lowest BCUT2D eigenvalue weighted by molar-refractivity contribution is -0.130. The first-order chi connectivity index (χ1) is 7.24. The maximum atomic E-state index is 11.6. The number of aromatic nitrogens is 3. The van der Waals surface area contributed by atoms with Crippen molar-refractivity contribution < 1.29 is 4.79 Å². The van der Waals surface area contributed by atoms with Gasteiger partial charge in [-0.25, -0.2) is 4.98 Å². The molecule has 6 heteroatoms. The Morgan fingerprint density at radius 2 is 2.40 bits per heavy atom. The molecule has 84 valence electrons. The summed E-state index contributed by atoms with van der Waals surface area (Å²) < 4.78 is 1.66. The van der Waals surface area contributed by atoms with Crippen LogP contribution in [0.1, 0.15) is 6.42 Å². The highest BCUT2D eigenvalue weighted by atomic mass is 16.2. The third-order valence-electron chi connectivity index (χ3n) is 2.14. The van der Waals surface area contributed by atoms with Crippen molar-refractivity contribution in [2.24, 2.45) is 0 Å². The van der Waals surface area contributed by atoms with Gasteiger partial charge in [-0.1, -0.05) is 0 Å². The summed E-state index contributed by atoms with van der Waals surface area (Å²) in [6, 6.07) is 0. The summed E-state index contributed by atoms with van der Waals surface area (Å²) >= 11 is 0. The molecule has 0 saturated carbocycles. The largest absolute Gasteiger partial charge is 0.344 e. The second-order valence-corrected chi connectivity index (χ2v) is 3.33. The summed E-state index contributed by atoms with van der Waals surface area (Å²) in [5, 5.41) is 6.93. The Hall–Kier alpha value is -1.43. The van der Waals surface area contributed by atoms with Crippen LogP contribution in [0.2, 0.25) is 0 Å². The number of amides is 1. The van der Waals surface area contributed by atoms with E-state index in [1.54, 1.807) is 23.0 Å². The van der Waals surface area contributed by atoms with Crippen molar-refractivity contribution in [2.75, 3.05) is 27.2 Å². The number of nitrogens with zero attached hydrogens (tertiary/aromatic N) is 4. The molecule has 0 atom stereocenters. The highest BCUT2D eigenvalue weighted by Crippen LogP contribution is 1.93. The predicted molar refractivity (Wildman–Crippen MR) is 56.2 cm³/mol. The van der Waals surface area contributed by atoms with E-state index in [0.717, 1.165) is 13.1 Å². The fourth-order valence-corrected chi connectivity index (χ4v) is 1.15. The minimum Gasteiger partial charge on any atom is -0.344 e. The van der Waals surface area contributed by atoms with Crippen molar-refractivity contribution in [3.8, 4) is 0 Å². The molecule has 1 rings (SSSR count). The summed E-state index contributed by atoms with van der Waals surface area (Å²) in [5.74, 6) is 0.126. The Bertz CT molecular complexity index is 285. The van der Waals surface area contributed by atoms with Crippen LogP contribution in [-0.4, -0.2) is 52.8 Å². The second kappa shape index (κ2) is 6.13. The van der Waals surface area contributed by atoms with Gasteiger partial charge in [0.15, 0.2) is 0 Å². The highest BCUT2D eigenvalue weighted by Gasteiger charge is 2.07. The lowest BCUT2D eigenvalue weighted by Crippen LogP contribution is -2.33. The second-order valence-electron chi connectivity index (χ2n) is 3.33. The zero-order chi connectivity index (χ0) is 11.1. The number of carbonyl (C=O) groups is 1. The fraction of sp³-hybridized carbons (Fsp3) is 0.667. The van der Waals surface area contributed by atoms with Crippen LogP contribution in [0.15, 0.2) is 12.7 Å². The lowest BCUT2D eigenvalue weighted by Gasteiger charge is -2.16. The van der Waals surface area contributed by atoms with E-state index in [1.165, 1.54) is 6.33 Å². The molecule has 1 N–H and O–H groups in total. The Kier molecular flexibility index (Phi) is 4.76. The van der Waals surface area contributed by atoms with E-state index in [9.17, 15) is 4.79 Å². The predicted octanol–water partition coefficient (Wildman–Crippen LogP) is -0.654. The smallest absolute Gasteiger partial charge is 0.224 e. The van der Waals surface area contributed by atoms with Gasteiger partial charge in [0.25, 0.3) is 0 Å². The van der Waals surface area contributed by atoms with E-state index in [0.29, 0.717) is 13.0 Å². The number of carbonyl (C=O) groups excluding carboxylic acids is 1. The normalized spacial score (nSPS) is 10.3. The number of hydrogen-bond donors (Lipinski definition) is 1. The first-order valence-corrected chi connectivity index (χ1v) is 4.95. The van der Waals surface area contributed by atoms with Gasteiger partial charge < -0.3 is 10.2 Å². The maximum Gasteiger partial charge on any atom is 0.224 e. The molecule has 0 unspecified atom stereocenters. The van der Waals surface area contributed by atoms with Crippen LogP contribution in [0, 0.1) is 0 Å². The minimum absolute atomic E-state index is 0.126. The number of hydrogen-bond acceptors (Lipinski definition) is 4. The van der Waals surface area contributed by atoms with Crippen molar-refractivity contribution in [3.63, 3.8) is 0 Å². The van der Waals surface area contributed by atoms with Crippen LogP contribution >= 0.6 is 0 Å². The molecule has 0 aliphatic rings. The van der Waals surface area contributed by atoms with Gasteiger partial charge in [-0.15, -0.1) is 0 Å². The fourth-order valence-electron chi connectivity index (χ4n) is 1.15. The topological polar surface area (TPSA) is 63.1 Å². The van der Waals surface area contributed by atoms with Gasteiger partial charge in [0, 0.05) is 26.6 Å². The zero-order valence-electron chi connectivity index (χ0n) is 9.18. The van der Waals surface area contributed by atoms with E-state index in [4.69, 9.17) is 0 Å². The van der Waals surface area contributed by atoms with Gasteiger partial charge in [-0.2, -0.15) is 5.10 Å². The molecular formula is C9H17N5O. The number of rotatable bonds is 6. The molecule has 1 heterocycles. The summed E-state index contributed by atoms with van der Waals surface area (Å²) in [4.78, 5) is 17.1. The molecule has 0 fully saturated rings. The minimum atomic E-state index is 0.126. The maximum absolute atomic E-state index is 11.6. The van der Waals surface area contributed by atoms with Crippen molar-refractivity contribution in [1.82, 2.24) is 25.0 Å². The van der Waals surface area contributed by atoms with Gasteiger partial charge in [-0.3, -0.25) is 9.48 Å². The molecular weight excluding hydrogens is 194 g/mol. The average molecular weight is 211 g/mol. The number of nitrogens with one attached hydrogen (secondary N) is 1. The number of aryl methyl sites for hydroxylation is 1. The molecule has 1 aromatic rings. The lowest BCUT2D eigenvalue weighted by atomic mass is 10.3. The van der Waals surface area contributed by atoms with Crippen LogP contribution in [0.4, 0.5) is 0 Å². The summed E-state index contributed by atoms with van der Waals surface area (Å²) in [5.41, 5.74) is 0. The Labute approximate surface area is 89.3 Å². The van der Waals surface area contributed by atoms with Crippen molar-refractivity contribution in [2.45, 2.75) is 13.0 Å². The standard InChI is InChI=1S/C9H17N5O/c1-10-4-6-13(2)9(15)3-5-14-8-11-7-12-14/h7-8,10H,3-6H2,1-2H3. The third-order valence-corrected chi connectivity index (χ3v) is 2.14. The molecule has 0 aliphatic heterocycles. The zero-order valence-corrected chi connectivity index (χ0v) is 9.18. The van der Waals surface area contributed by atoms with Crippen LogP contribution in [-0.2, 0) is 11.3 Å². The van der Waals surface area contributed by atoms with Crippen molar-refractivity contribution in [3.05, 3.63) is 12.7 Å². The van der Waals surface area contributed by atoms with Gasteiger partial charge in [0.2, 0.25) is 5.91 Å². The van der Waals surface area contributed by atoms with Gasteiger partial charge in [-0.05, 0) is 7.05 Å². The van der Waals surface area contributed by atoms with Crippen molar-refractivity contribution >= 4 is 5.91 Å². The highest BCUT2D eigenvalue weighted by molar-refractivity contribution is 5.75. The van der Waals surface area contributed by atoms with E-state index in [1.807, 2.05) is 7.05 Å². The van der Waals surface area contributed by atoms with Crippen molar-refractivity contribution in [1.29, 1.82) is 0 Å². The van der Waals surface area contributed by atoms with Gasteiger partial charge in [0.1, 0.15) is 12.7 Å². The molecule has 0 saturated heterocycles. The molecule has 0 aliphatic carbocycles. The van der Waals surface area contributed by atoms with Gasteiger partial charge in [0.05, 0.1) is 6.54 Å². The SMILES string of the molecule is CNCCN(C)C(=O)CCn1cncn1. The molecule has 6 nitrogen and oxygen atoms in total. The van der Waals surface area contributed by atoms with Crippen LogP contribution < -0.4 is 5.32 Å². The Balaban J connectivity index is 2.23.